The van der Waals surface area contributed by atoms with Gasteiger partial charge in [0, 0.05) is 23.5 Å². The van der Waals surface area contributed by atoms with E-state index in [9.17, 15) is 0 Å². The minimum Gasteiger partial charge on any atom is -0.444 e. The number of aromatic nitrogens is 1. The summed E-state index contributed by atoms with van der Waals surface area (Å²) in [7, 11) is 0. The van der Waals surface area contributed by atoms with Gasteiger partial charge in [0.05, 0.1) is 5.69 Å². The van der Waals surface area contributed by atoms with E-state index in [4.69, 9.17) is 16.0 Å². The number of guanidine groups is 1. The number of halogens is 1. The van der Waals surface area contributed by atoms with Crippen LogP contribution in [0.5, 0.6) is 0 Å². The third-order valence-corrected chi connectivity index (χ3v) is 4.42. The zero-order chi connectivity index (χ0) is 18.4. The molecule has 0 aliphatic heterocycles. The lowest BCUT2D eigenvalue weighted by Crippen LogP contribution is -2.43. The molecule has 0 saturated carbocycles. The molecular weight excluding hydrogens is 336 g/mol. The maximum atomic E-state index is 6.35. The highest BCUT2D eigenvalue weighted by atomic mass is 35.5. The summed E-state index contributed by atoms with van der Waals surface area (Å²) in [6, 6.07) is 7.94. The number of rotatable bonds is 6. The first-order valence-electron chi connectivity index (χ1n) is 8.53. The second-order valence-electron chi connectivity index (χ2n) is 6.66. The fourth-order valence-electron chi connectivity index (χ4n) is 2.51. The molecule has 0 bridgehead atoms. The predicted octanol–water partition coefficient (Wildman–Crippen LogP) is 3.98. The van der Waals surface area contributed by atoms with Gasteiger partial charge in [-0.05, 0) is 32.4 Å². The van der Waals surface area contributed by atoms with Crippen molar-refractivity contribution in [3.8, 4) is 0 Å². The molecule has 25 heavy (non-hydrogen) atoms. The number of nitrogens with one attached hydrogen (secondary N) is 2. The van der Waals surface area contributed by atoms with Gasteiger partial charge >= 0.3 is 0 Å². The van der Waals surface area contributed by atoms with Gasteiger partial charge in [-0.2, -0.15) is 0 Å². The van der Waals surface area contributed by atoms with Crippen LogP contribution in [0.15, 0.2) is 33.7 Å². The average molecular weight is 363 g/mol. The molecule has 0 amide bonds. The quantitative estimate of drug-likeness (QED) is 0.602. The highest BCUT2D eigenvalue weighted by Crippen LogP contribution is 2.28. The van der Waals surface area contributed by atoms with Crippen molar-refractivity contribution in [1.29, 1.82) is 0 Å². The molecule has 2 aromatic rings. The van der Waals surface area contributed by atoms with Crippen molar-refractivity contribution in [2.24, 2.45) is 4.99 Å². The molecule has 0 unspecified atom stereocenters. The van der Waals surface area contributed by atoms with Crippen LogP contribution in [0.4, 0.5) is 0 Å². The summed E-state index contributed by atoms with van der Waals surface area (Å²) in [6.45, 7) is 12.1. The highest BCUT2D eigenvalue weighted by Gasteiger charge is 2.23. The van der Waals surface area contributed by atoms with Crippen LogP contribution in [-0.4, -0.2) is 24.0 Å². The van der Waals surface area contributed by atoms with Crippen LogP contribution >= 0.6 is 11.6 Å². The normalized spacial score (nSPS) is 12.3. The first-order chi connectivity index (χ1) is 11.8. The van der Waals surface area contributed by atoms with E-state index in [2.05, 4.69) is 40.5 Å². The Balaban J connectivity index is 2.05. The van der Waals surface area contributed by atoms with Crippen molar-refractivity contribution in [3.05, 3.63) is 52.2 Å². The van der Waals surface area contributed by atoms with Crippen molar-refractivity contribution in [3.63, 3.8) is 0 Å². The number of benzene rings is 1. The van der Waals surface area contributed by atoms with Crippen LogP contribution in [0.1, 0.15) is 43.7 Å². The van der Waals surface area contributed by atoms with Gasteiger partial charge < -0.3 is 15.1 Å². The third kappa shape index (κ3) is 5.23. The molecule has 0 spiro atoms. The third-order valence-electron chi connectivity index (χ3n) is 4.09. The van der Waals surface area contributed by atoms with Crippen LogP contribution in [0, 0.1) is 13.8 Å². The maximum Gasteiger partial charge on any atom is 0.216 e. The van der Waals surface area contributed by atoms with Gasteiger partial charge in [-0.3, -0.25) is 0 Å². The molecule has 0 atom stereocenters. The molecular formula is C19H27ClN4O. The molecule has 136 valence electrons. The number of oxazole rings is 1. The molecule has 0 radical (unpaired) electrons. The van der Waals surface area contributed by atoms with Crippen molar-refractivity contribution >= 4 is 17.6 Å². The van der Waals surface area contributed by atoms with E-state index in [-0.39, 0.29) is 5.41 Å². The number of aryl methyl sites for hydroxylation is 2. The topological polar surface area (TPSA) is 62.5 Å². The Hall–Kier alpha value is -2.01. The molecule has 2 N–H and O–H groups in total. The number of hydrogen-bond acceptors (Lipinski definition) is 3. The van der Waals surface area contributed by atoms with Crippen LogP contribution in [-0.2, 0) is 12.0 Å². The van der Waals surface area contributed by atoms with Crippen LogP contribution < -0.4 is 10.6 Å². The molecule has 6 heteroatoms. The van der Waals surface area contributed by atoms with Gasteiger partial charge in [0.2, 0.25) is 5.89 Å². The Bertz CT molecular complexity index is 717. The van der Waals surface area contributed by atoms with E-state index in [0.29, 0.717) is 19.0 Å². The van der Waals surface area contributed by atoms with Gasteiger partial charge in [-0.1, -0.05) is 43.6 Å². The predicted molar refractivity (Wildman–Crippen MR) is 103 cm³/mol. The molecule has 1 heterocycles. The minimum absolute atomic E-state index is 0.134. The summed E-state index contributed by atoms with van der Waals surface area (Å²) in [5, 5.41) is 7.42. The molecule has 0 aliphatic carbocycles. The Morgan fingerprint density at radius 3 is 2.56 bits per heavy atom. The van der Waals surface area contributed by atoms with Gasteiger partial charge in [-0.25, -0.2) is 9.98 Å². The Kier molecular flexibility index (Phi) is 6.48. The van der Waals surface area contributed by atoms with Crippen molar-refractivity contribution < 1.29 is 4.42 Å². The first-order valence-corrected chi connectivity index (χ1v) is 8.91. The summed E-state index contributed by atoms with van der Waals surface area (Å²) >= 11 is 6.35. The molecule has 0 aliphatic rings. The Morgan fingerprint density at radius 1 is 1.24 bits per heavy atom. The summed E-state index contributed by atoms with van der Waals surface area (Å²) in [5.74, 6) is 2.19. The lowest BCUT2D eigenvalue weighted by Gasteiger charge is -2.27. The molecule has 0 saturated heterocycles. The zero-order valence-electron chi connectivity index (χ0n) is 15.6. The monoisotopic (exact) mass is 362 g/mol. The molecule has 2 rings (SSSR count). The van der Waals surface area contributed by atoms with Crippen LogP contribution in [0.3, 0.4) is 0 Å². The highest BCUT2D eigenvalue weighted by molar-refractivity contribution is 6.31. The minimum atomic E-state index is -0.134. The standard InChI is InChI=1S/C19H27ClN4O/c1-6-21-18(22-11-17-24-13(2)14(3)25-17)23-12-19(4,5)15-9-7-8-10-16(15)20/h7-10H,6,11-12H2,1-5H3,(H2,21,22,23). The second-order valence-corrected chi connectivity index (χ2v) is 7.07. The molecule has 1 aromatic carbocycles. The second kappa shape index (κ2) is 8.39. The largest absolute Gasteiger partial charge is 0.444 e. The summed E-state index contributed by atoms with van der Waals surface area (Å²) in [4.78, 5) is 8.93. The van der Waals surface area contributed by atoms with E-state index in [0.717, 1.165) is 34.5 Å². The van der Waals surface area contributed by atoms with Crippen molar-refractivity contribution in [1.82, 2.24) is 15.6 Å². The van der Waals surface area contributed by atoms with E-state index < -0.39 is 0 Å². The summed E-state index contributed by atoms with van der Waals surface area (Å²) in [6.07, 6.45) is 0. The number of aliphatic imine (C=N–C) groups is 1. The van der Waals surface area contributed by atoms with Gasteiger partial charge in [0.1, 0.15) is 12.3 Å². The fourth-order valence-corrected chi connectivity index (χ4v) is 2.90. The van der Waals surface area contributed by atoms with E-state index in [1.165, 1.54) is 0 Å². The van der Waals surface area contributed by atoms with Crippen molar-refractivity contribution in [2.45, 2.75) is 46.6 Å². The smallest absolute Gasteiger partial charge is 0.216 e. The fraction of sp³-hybridized carbons (Fsp3) is 0.474. The first kappa shape index (κ1) is 19.3. The van der Waals surface area contributed by atoms with Gasteiger partial charge in [0.25, 0.3) is 0 Å². The Labute approximate surface area is 154 Å². The molecule has 0 fully saturated rings. The maximum absolute atomic E-state index is 6.35. The van der Waals surface area contributed by atoms with E-state index in [1.54, 1.807) is 0 Å². The van der Waals surface area contributed by atoms with E-state index in [1.807, 2.05) is 39.0 Å². The van der Waals surface area contributed by atoms with Crippen molar-refractivity contribution in [2.75, 3.05) is 13.1 Å². The Morgan fingerprint density at radius 2 is 1.96 bits per heavy atom. The SMILES string of the molecule is CCNC(=NCc1nc(C)c(C)o1)NCC(C)(C)c1ccccc1Cl. The lowest BCUT2D eigenvalue weighted by molar-refractivity contribution is 0.471. The van der Waals surface area contributed by atoms with Gasteiger partial charge in [0.15, 0.2) is 5.96 Å². The van der Waals surface area contributed by atoms with Crippen LogP contribution in [0.25, 0.3) is 0 Å². The molecule has 1 aromatic heterocycles. The molecule has 5 nitrogen and oxygen atoms in total. The summed E-state index contributed by atoms with van der Waals surface area (Å²) in [5.41, 5.74) is 1.88. The lowest BCUT2D eigenvalue weighted by atomic mass is 9.84. The van der Waals surface area contributed by atoms with Crippen LogP contribution in [0.2, 0.25) is 5.02 Å². The summed E-state index contributed by atoms with van der Waals surface area (Å²) < 4.78 is 5.58. The number of nitrogens with zero attached hydrogens (tertiary/aromatic N) is 2. The average Bonchev–Trinajstić information content (AvgIpc) is 2.88. The number of hydrogen-bond donors (Lipinski definition) is 2. The zero-order valence-corrected chi connectivity index (χ0v) is 16.4. The van der Waals surface area contributed by atoms with Gasteiger partial charge in [-0.15, -0.1) is 0 Å². The van der Waals surface area contributed by atoms with E-state index >= 15 is 0 Å².